The molecule has 0 spiro atoms. The number of carboxylic acids is 1. The molecule has 2 aromatic rings. The summed E-state index contributed by atoms with van der Waals surface area (Å²) in [6, 6.07) is 5.47. The van der Waals surface area contributed by atoms with Crippen LogP contribution >= 0.6 is 11.6 Å². The third-order valence-electron chi connectivity index (χ3n) is 3.90. The topological polar surface area (TPSA) is 105 Å². The molecular weight excluding hydrogens is 367 g/mol. The molecule has 136 valence electrons. The number of nitrogens with zero attached hydrogens (tertiary/aromatic N) is 3. The Labute approximate surface area is 152 Å². The molecule has 1 saturated heterocycles. The molecule has 0 bridgehead atoms. The van der Waals surface area contributed by atoms with E-state index in [9.17, 15) is 18.8 Å². The Morgan fingerprint density at radius 1 is 1.38 bits per heavy atom. The minimum atomic E-state index is -1.06. The second-order valence-corrected chi connectivity index (χ2v) is 6.19. The van der Waals surface area contributed by atoms with Crippen LogP contribution in [-0.4, -0.2) is 39.2 Å². The van der Waals surface area contributed by atoms with E-state index in [-0.39, 0.29) is 36.3 Å². The van der Waals surface area contributed by atoms with Crippen molar-refractivity contribution >= 4 is 40.9 Å². The molecule has 0 saturated carbocycles. The normalized spacial score (nSPS) is 16.8. The van der Waals surface area contributed by atoms with Gasteiger partial charge in [0.1, 0.15) is 12.4 Å². The molecule has 10 heteroatoms. The highest BCUT2D eigenvalue weighted by Gasteiger charge is 2.35. The molecule has 0 radical (unpaired) electrons. The van der Waals surface area contributed by atoms with Crippen molar-refractivity contribution in [2.24, 2.45) is 5.92 Å². The summed E-state index contributed by atoms with van der Waals surface area (Å²) in [4.78, 5) is 36.5. The number of benzene rings is 1. The quantitative estimate of drug-likeness (QED) is 0.822. The van der Waals surface area contributed by atoms with Crippen LogP contribution in [0.25, 0.3) is 0 Å². The number of carbonyl (C=O) groups is 3. The summed E-state index contributed by atoms with van der Waals surface area (Å²) in [5, 5.41) is 15.1. The van der Waals surface area contributed by atoms with Crippen LogP contribution in [0.4, 0.5) is 15.9 Å². The lowest BCUT2D eigenvalue weighted by Crippen LogP contribution is -2.28. The number of halogens is 2. The lowest BCUT2D eigenvalue weighted by atomic mass is 10.1. The molecular formula is C16H14ClFN4O4. The average Bonchev–Trinajstić information content (AvgIpc) is 3.16. The second kappa shape index (κ2) is 7.12. The van der Waals surface area contributed by atoms with Crippen molar-refractivity contribution in [3.8, 4) is 0 Å². The van der Waals surface area contributed by atoms with Gasteiger partial charge in [-0.15, -0.1) is 0 Å². The second-order valence-electron chi connectivity index (χ2n) is 5.79. The lowest BCUT2D eigenvalue weighted by molar-refractivity contribution is -0.137. The van der Waals surface area contributed by atoms with Gasteiger partial charge >= 0.3 is 5.97 Å². The van der Waals surface area contributed by atoms with Crippen molar-refractivity contribution in [3.05, 3.63) is 41.3 Å². The van der Waals surface area contributed by atoms with Crippen LogP contribution in [0.3, 0.4) is 0 Å². The third-order valence-corrected chi connectivity index (χ3v) is 4.21. The zero-order chi connectivity index (χ0) is 18.8. The van der Waals surface area contributed by atoms with E-state index in [0.29, 0.717) is 5.69 Å². The maximum atomic E-state index is 13.6. The fraction of sp³-hybridized carbons (Fsp3) is 0.250. The molecule has 1 fully saturated rings. The Balaban J connectivity index is 1.66. The van der Waals surface area contributed by atoms with Gasteiger partial charge in [-0.05, 0) is 18.2 Å². The highest BCUT2D eigenvalue weighted by Crippen LogP contribution is 2.28. The van der Waals surface area contributed by atoms with Crippen molar-refractivity contribution < 1.29 is 23.9 Å². The molecule has 2 heterocycles. The maximum absolute atomic E-state index is 13.6. The van der Waals surface area contributed by atoms with Gasteiger partial charge < -0.3 is 15.3 Å². The van der Waals surface area contributed by atoms with Gasteiger partial charge in [0, 0.05) is 30.9 Å². The van der Waals surface area contributed by atoms with E-state index < -0.39 is 23.6 Å². The van der Waals surface area contributed by atoms with Gasteiger partial charge in [-0.25, -0.2) is 4.39 Å². The fourth-order valence-corrected chi connectivity index (χ4v) is 2.79. The summed E-state index contributed by atoms with van der Waals surface area (Å²) in [6.45, 7) is -0.227. The first-order chi connectivity index (χ1) is 12.3. The minimum Gasteiger partial charge on any atom is -0.480 e. The van der Waals surface area contributed by atoms with Crippen LogP contribution in [0, 0.1) is 11.7 Å². The summed E-state index contributed by atoms with van der Waals surface area (Å²) in [7, 11) is 0. The largest absolute Gasteiger partial charge is 0.480 e. The van der Waals surface area contributed by atoms with Gasteiger partial charge in [0.25, 0.3) is 0 Å². The summed E-state index contributed by atoms with van der Waals surface area (Å²) >= 11 is 5.64. The summed E-state index contributed by atoms with van der Waals surface area (Å²) in [6.07, 6.45) is 1.40. The highest BCUT2D eigenvalue weighted by atomic mass is 35.5. The van der Waals surface area contributed by atoms with Gasteiger partial charge in [-0.1, -0.05) is 11.6 Å². The maximum Gasteiger partial charge on any atom is 0.325 e. The zero-order valence-corrected chi connectivity index (χ0v) is 14.1. The van der Waals surface area contributed by atoms with E-state index in [0.717, 1.165) is 6.07 Å². The molecule has 1 aromatic carbocycles. The molecule has 1 aliphatic heterocycles. The number of nitrogens with one attached hydrogen (secondary N) is 1. The first kappa shape index (κ1) is 17.9. The Morgan fingerprint density at radius 3 is 2.85 bits per heavy atom. The predicted octanol–water partition coefficient (Wildman–Crippen LogP) is 1.75. The molecule has 1 unspecified atom stereocenters. The summed E-state index contributed by atoms with van der Waals surface area (Å²) in [5.74, 6) is -2.86. The van der Waals surface area contributed by atoms with Crippen LogP contribution in [0.1, 0.15) is 6.42 Å². The van der Waals surface area contributed by atoms with E-state index in [1.165, 1.54) is 34.0 Å². The van der Waals surface area contributed by atoms with Crippen LogP contribution in [0.2, 0.25) is 5.02 Å². The van der Waals surface area contributed by atoms with Crippen molar-refractivity contribution in [2.45, 2.75) is 13.0 Å². The van der Waals surface area contributed by atoms with E-state index in [1.54, 1.807) is 0 Å². The number of hydrogen-bond donors (Lipinski definition) is 2. The molecule has 1 atom stereocenters. The number of aromatic nitrogens is 2. The Bertz CT molecular complexity index is 885. The first-order valence-electron chi connectivity index (χ1n) is 7.65. The number of rotatable bonds is 5. The van der Waals surface area contributed by atoms with E-state index in [4.69, 9.17) is 16.7 Å². The molecule has 26 heavy (non-hydrogen) atoms. The predicted molar refractivity (Wildman–Crippen MR) is 90.4 cm³/mol. The molecule has 0 aliphatic carbocycles. The molecule has 1 aliphatic rings. The van der Waals surface area contributed by atoms with Gasteiger partial charge in [0.05, 0.1) is 10.9 Å². The Hall–Kier alpha value is -2.94. The molecule has 1 aromatic heterocycles. The van der Waals surface area contributed by atoms with Crippen molar-refractivity contribution in [3.63, 3.8) is 0 Å². The first-order valence-corrected chi connectivity index (χ1v) is 8.03. The SMILES string of the molecule is O=C(O)Cn1ccc(NC(=O)C2CC(=O)N(c3ccc(Cl)c(F)c3)C2)n1. The van der Waals surface area contributed by atoms with Gasteiger partial charge in [0.15, 0.2) is 5.82 Å². The Kier molecular flexibility index (Phi) is 4.90. The number of aliphatic carboxylic acids is 1. The smallest absolute Gasteiger partial charge is 0.325 e. The monoisotopic (exact) mass is 380 g/mol. The number of carboxylic acid groups (broad SMARTS) is 1. The van der Waals surface area contributed by atoms with Crippen molar-refractivity contribution in [1.29, 1.82) is 0 Å². The molecule has 3 rings (SSSR count). The van der Waals surface area contributed by atoms with E-state index in [2.05, 4.69) is 10.4 Å². The van der Waals surface area contributed by atoms with E-state index in [1.807, 2.05) is 0 Å². The summed E-state index contributed by atoms with van der Waals surface area (Å²) in [5.41, 5.74) is 0.331. The van der Waals surface area contributed by atoms with E-state index >= 15 is 0 Å². The lowest BCUT2D eigenvalue weighted by Gasteiger charge is -2.16. The minimum absolute atomic E-state index is 0.0219. The summed E-state index contributed by atoms with van der Waals surface area (Å²) < 4.78 is 14.8. The Morgan fingerprint density at radius 2 is 2.15 bits per heavy atom. The van der Waals surface area contributed by atoms with Crippen LogP contribution < -0.4 is 10.2 Å². The standard InChI is InChI=1S/C16H14ClFN4O4/c17-11-2-1-10(6-12(11)18)22-7-9(5-14(22)23)16(26)19-13-3-4-21(20-13)8-15(24)25/h1-4,6,9H,5,7-8H2,(H,24,25)(H,19,20,26). The van der Waals surface area contributed by atoms with Gasteiger partial charge in [-0.2, -0.15) is 5.10 Å². The number of carbonyl (C=O) groups excluding carboxylic acids is 2. The highest BCUT2D eigenvalue weighted by molar-refractivity contribution is 6.30. The van der Waals surface area contributed by atoms with Crippen LogP contribution in [0.5, 0.6) is 0 Å². The molecule has 2 amide bonds. The van der Waals surface area contributed by atoms with Crippen LogP contribution in [-0.2, 0) is 20.9 Å². The van der Waals surface area contributed by atoms with Crippen LogP contribution in [0.15, 0.2) is 30.5 Å². The number of anilines is 2. The molecule has 8 nitrogen and oxygen atoms in total. The molecule has 2 N–H and O–H groups in total. The van der Waals surface area contributed by atoms with Gasteiger partial charge in [0.2, 0.25) is 11.8 Å². The average molecular weight is 381 g/mol. The number of amides is 2. The van der Waals surface area contributed by atoms with Gasteiger partial charge in [-0.3, -0.25) is 19.1 Å². The fourth-order valence-electron chi connectivity index (χ4n) is 2.67. The van der Waals surface area contributed by atoms with Crippen molar-refractivity contribution in [1.82, 2.24) is 9.78 Å². The zero-order valence-electron chi connectivity index (χ0n) is 13.4. The van der Waals surface area contributed by atoms with Crippen molar-refractivity contribution in [2.75, 3.05) is 16.8 Å². The number of hydrogen-bond acceptors (Lipinski definition) is 4. The third kappa shape index (κ3) is 3.83.